The highest BCUT2D eigenvalue weighted by atomic mass is 14.8. The maximum absolute atomic E-state index is 3.40. The summed E-state index contributed by atoms with van der Waals surface area (Å²) >= 11 is 0. The molecule has 0 aliphatic heterocycles. The fraction of sp³-hybridized carbons (Fsp3) is 1.00. The zero-order valence-corrected chi connectivity index (χ0v) is 13.1. The van der Waals surface area contributed by atoms with Crippen molar-refractivity contribution in [2.24, 2.45) is 11.3 Å². The lowest BCUT2D eigenvalue weighted by Crippen LogP contribution is -2.31. The van der Waals surface area contributed by atoms with Crippen molar-refractivity contribution in [3.8, 4) is 0 Å². The smallest absolute Gasteiger partial charge is 0.000481 e. The molecule has 1 aliphatic carbocycles. The molecule has 0 aromatic rings. The molecule has 18 heavy (non-hydrogen) atoms. The van der Waals surface area contributed by atoms with Crippen molar-refractivity contribution in [1.82, 2.24) is 5.32 Å². The molecule has 0 aromatic carbocycles. The van der Waals surface area contributed by atoms with Gasteiger partial charge in [-0.05, 0) is 37.6 Å². The number of hydrogen-bond acceptors (Lipinski definition) is 1. The molecule has 0 radical (unpaired) electrons. The molecule has 1 rings (SSSR count). The molecule has 0 heterocycles. The second-order valence-electron chi connectivity index (χ2n) is 6.68. The third-order valence-corrected chi connectivity index (χ3v) is 4.75. The molecule has 1 saturated carbocycles. The van der Waals surface area contributed by atoms with Gasteiger partial charge in [-0.15, -0.1) is 0 Å². The van der Waals surface area contributed by atoms with Crippen LogP contribution in [0.2, 0.25) is 0 Å². The Morgan fingerprint density at radius 3 is 2.00 bits per heavy atom. The monoisotopic (exact) mass is 253 g/mol. The predicted octanol–water partition coefficient (Wildman–Crippen LogP) is 5.15. The molecule has 0 aromatic heterocycles. The minimum Gasteiger partial charge on any atom is -0.319 e. The van der Waals surface area contributed by atoms with E-state index in [-0.39, 0.29) is 0 Å². The van der Waals surface area contributed by atoms with Crippen LogP contribution in [-0.4, -0.2) is 13.6 Å². The second-order valence-corrected chi connectivity index (χ2v) is 6.68. The van der Waals surface area contributed by atoms with Crippen molar-refractivity contribution < 1.29 is 0 Å². The number of unbranched alkanes of at least 4 members (excludes halogenated alkanes) is 7. The van der Waals surface area contributed by atoms with Gasteiger partial charge in [-0.3, -0.25) is 0 Å². The zero-order chi connectivity index (χ0) is 13.3. The van der Waals surface area contributed by atoms with Gasteiger partial charge in [-0.1, -0.05) is 65.2 Å². The average molecular weight is 253 g/mol. The van der Waals surface area contributed by atoms with Crippen LogP contribution in [0, 0.1) is 11.3 Å². The van der Waals surface area contributed by atoms with Gasteiger partial charge in [-0.2, -0.15) is 0 Å². The van der Waals surface area contributed by atoms with Crippen LogP contribution in [0.25, 0.3) is 0 Å². The molecule has 108 valence electrons. The van der Waals surface area contributed by atoms with Crippen molar-refractivity contribution in [3.63, 3.8) is 0 Å². The van der Waals surface area contributed by atoms with Crippen LogP contribution >= 0.6 is 0 Å². The van der Waals surface area contributed by atoms with E-state index in [0.717, 1.165) is 5.92 Å². The summed E-state index contributed by atoms with van der Waals surface area (Å²) in [5.74, 6) is 1.02. The summed E-state index contributed by atoms with van der Waals surface area (Å²) in [6.07, 6.45) is 15.9. The van der Waals surface area contributed by atoms with Gasteiger partial charge in [0.1, 0.15) is 0 Å². The lowest BCUT2D eigenvalue weighted by molar-refractivity contribution is 0.233. The molecule has 0 amide bonds. The van der Waals surface area contributed by atoms with Crippen molar-refractivity contribution in [1.29, 1.82) is 0 Å². The lowest BCUT2D eigenvalue weighted by atomic mass is 9.79. The third-order valence-electron chi connectivity index (χ3n) is 4.75. The van der Waals surface area contributed by atoms with Crippen molar-refractivity contribution in [3.05, 3.63) is 0 Å². The van der Waals surface area contributed by atoms with Gasteiger partial charge >= 0.3 is 0 Å². The summed E-state index contributed by atoms with van der Waals surface area (Å²) in [6.45, 7) is 6.01. The molecule has 1 fully saturated rings. The van der Waals surface area contributed by atoms with E-state index < -0.39 is 0 Å². The van der Waals surface area contributed by atoms with Crippen LogP contribution in [0.15, 0.2) is 0 Å². The summed E-state index contributed by atoms with van der Waals surface area (Å²) in [4.78, 5) is 0. The van der Waals surface area contributed by atoms with Crippen molar-refractivity contribution in [2.45, 2.75) is 84.5 Å². The first-order valence-corrected chi connectivity index (χ1v) is 8.37. The molecule has 0 spiro atoms. The average Bonchev–Trinajstić information content (AvgIpc) is 3.17. The third kappa shape index (κ3) is 6.22. The predicted molar refractivity (Wildman–Crippen MR) is 82.0 cm³/mol. The molecule has 1 nitrogen and oxygen atoms in total. The highest BCUT2D eigenvalue weighted by Gasteiger charge is 2.40. The maximum atomic E-state index is 3.40. The molecule has 1 aliphatic rings. The Kier molecular flexibility index (Phi) is 7.97. The second kappa shape index (κ2) is 8.96. The zero-order valence-electron chi connectivity index (χ0n) is 13.1. The summed E-state index contributed by atoms with van der Waals surface area (Å²) in [5, 5.41) is 3.40. The lowest BCUT2D eigenvalue weighted by Gasteiger charge is -2.29. The quantitative estimate of drug-likeness (QED) is 0.474. The van der Waals surface area contributed by atoms with Gasteiger partial charge in [0.25, 0.3) is 0 Å². The van der Waals surface area contributed by atoms with Gasteiger partial charge < -0.3 is 5.32 Å². The highest BCUT2D eigenvalue weighted by molar-refractivity contribution is 4.92. The number of rotatable bonds is 12. The summed E-state index contributed by atoms with van der Waals surface area (Å²) in [5.41, 5.74) is 0.594. The minimum absolute atomic E-state index is 0.594. The molecule has 1 heteroatoms. The molecule has 1 atom stereocenters. The summed E-state index contributed by atoms with van der Waals surface area (Å²) in [6, 6.07) is 0. The van der Waals surface area contributed by atoms with Crippen LogP contribution in [0.4, 0.5) is 0 Å². The van der Waals surface area contributed by atoms with E-state index in [4.69, 9.17) is 0 Å². The summed E-state index contributed by atoms with van der Waals surface area (Å²) < 4.78 is 0. The Hall–Kier alpha value is -0.0400. The van der Waals surface area contributed by atoms with E-state index >= 15 is 0 Å². The first kappa shape index (κ1) is 16.0. The molecule has 1 N–H and O–H groups in total. The minimum atomic E-state index is 0.594. The van der Waals surface area contributed by atoms with E-state index in [1.807, 2.05) is 0 Å². The maximum Gasteiger partial charge on any atom is 0.000481 e. The summed E-state index contributed by atoms with van der Waals surface area (Å²) in [7, 11) is 2.11. The molecule has 0 saturated heterocycles. The molecular weight excluding hydrogens is 218 g/mol. The highest BCUT2D eigenvalue weighted by Crippen LogP contribution is 2.48. The molecule has 0 bridgehead atoms. The van der Waals surface area contributed by atoms with Crippen molar-refractivity contribution >= 4 is 0 Å². The SMILES string of the molecule is CCCCCCCCCCC(C)(CNC)C1CC1. The number of nitrogens with one attached hydrogen (secondary N) is 1. The molecule has 1 unspecified atom stereocenters. The Bertz CT molecular complexity index is 198. The van der Waals surface area contributed by atoms with E-state index in [9.17, 15) is 0 Å². The standard InChI is InChI=1S/C17H35N/c1-4-5-6-7-8-9-10-11-14-17(2,15-18-3)16-12-13-16/h16,18H,4-15H2,1-3H3. The van der Waals surface area contributed by atoms with Gasteiger partial charge in [0, 0.05) is 6.54 Å². The van der Waals surface area contributed by atoms with E-state index in [1.165, 1.54) is 77.2 Å². The Morgan fingerprint density at radius 1 is 0.944 bits per heavy atom. The van der Waals surface area contributed by atoms with Gasteiger partial charge in [-0.25, -0.2) is 0 Å². The first-order valence-electron chi connectivity index (χ1n) is 8.37. The van der Waals surface area contributed by atoms with Crippen LogP contribution in [-0.2, 0) is 0 Å². The topological polar surface area (TPSA) is 12.0 Å². The fourth-order valence-corrected chi connectivity index (χ4v) is 3.28. The van der Waals surface area contributed by atoms with Crippen LogP contribution in [0.5, 0.6) is 0 Å². The van der Waals surface area contributed by atoms with E-state index in [0.29, 0.717) is 5.41 Å². The van der Waals surface area contributed by atoms with Crippen LogP contribution < -0.4 is 5.32 Å². The Morgan fingerprint density at radius 2 is 1.50 bits per heavy atom. The Balaban J connectivity index is 1.98. The van der Waals surface area contributed by atoms with Gasteiger partial charge in [0.05, 0.1) is 0 Å². The van der Waals surface area contributed by atoms with Gasteiger partial charge in [0.2, 0.25) is 0 Å². The molecular formula is C17H35N. The van der Waals surface area contributed by atoms with Crippen LogP contribution in [0.1, 0.15) is 84.5 Å². The van der Waals surface area contributed by atoms with Gasteiger partial charge in [0.15, 0.2) is 0 Å². The van der Waals surface area contributed by atoms with Crippen molar-refractivity contribution in [2.75, 3.05) is 13.6 Å². The largest absolute Gasteiger partial charge is 0.319 e. The first-order chi connectivity index (χ1) is 8.73. The number of hydrogen-bond donors (Lipinski definition) is 1. The van der Waals surface area contributed by atoms with E-state index in [2.05, 4.69) is 26.2 Å². The Labute approximate surface area is 115 Å². The van der Waals surface area contributed by atoms with E-state index in [1.54, 1.807) is 0 Å². The fourth-order valence-electron chi connectivity index (χ4n) is 3.28. The normalized spacial score (nSPS) is 18.8. The van der Waals surface area contributed by atoms with Crippen LogP contribution in [0.3, 0.4) is 0 Å².